The number of nitrogens with zero attached hydrogens (tertiary/aromatic N) is 5. The fraction of sp³-hybridized carbons (Fsp3) is 0.250. The Kier molecular flexibility index (Phi) is 4.38. The molecule has 0 bridgehead atoms. The average molecular weight is 379 g/mol. The molecule has 0 aliphatic heterocycles. The highest BCUT2D eigenvalue weighted by atomic mass is 16.5. The summed E-state index contributed by atoms with van der Waals surface area (Å²) < 4.78 is 20.3. The molecule has 144 valence electrons. The zero-order valence-corrected chi connectivity index (χ0v) is 16.4. The Hall–Kier alpha value is -3.55. The van der Waals surface area contributed by atoms with Gasteiger partial charge in [-0.25, -0.2) is 4.98 Å². The second-order valence-corrected chi connectivity index (χ2v) is 6.33. The van der Waals surface area contributed by atoms with Gasteiger partial charge in [-0.3, -0.25) is 4.57 Å². The van der Waals surface area contributed by atoms with E-state index >= 15 is 0 Å². The Bertz CT molecular complexity index is 1140. The van der Waals surface area contributed by atoms with Crippen molar-refractivity contribution in [2.75, 3.05) is 21.3 Å². The lowest BCUT2D eigenvalue weighted by Crippen LogP contribution is -1.99. The molecule has 0 unspecified atom stereocenters. The van der Waals surface area contributed by atoms with E-state index in [4.69, 9.17) is 14.2 Å². The number of rotatable bonds is 5. The van der Waals surface area contributed by atoms with E-state index in [1.807, 2.05) is 48.9 Å². The van der Waals surface area contributed by atoms with E-state index < -0.39 is 0 Å². The summed E-state index contributed by atoms with van der Waals surface area (Å²) in [4.78, 5) is 4.62. The van der Waals surface area contributed by atoms with Gasteiger partial charge in [-0.1, -0.05) is 0 Å². The standard InChI is InChI=1S/C20H21N5O3/c1-12-22-15-10-14(6-7-16(15)24(12)2)25-11-21-23-20(25)13-8-17(26-3)19(28-5)18(9-13)27-4/h6-11H,1-5H3. The molecule has 2 aromatic carbocycles. The van der Waals surface area contributed by atoms with Gasteiger partial charge in [-0.15, -0.1) is 10.2 Å². The van der Waals surface area contributed by atoms with Gasteiger partial charge in [0, 0.05) is 12.6 Å². The summed E-state index contributed by atoms with van der Waals surface area (Å²) in [6.07, 6.45) is 1.68. The normalized spacial score (nSPS) is 11.0. The van der Waals surface area contributed by atoms with Crippen LogP contribution >= 0.6 is 0 Å². The van der Waals surface area contributed by atoms with Crippen molar-refractivity contribution in [2.24, 2.45) is 7.05 Å². The van der Waals surface area contributed by atoms with Crippen LogP contribution in [0.5, 0.6) is 17.2 Å². The van der Waals surface area contributed by atoms with E-state index in [-0.39, 0.29) is 0 Å². The van der Waals surface area contributed by atoms with Crippen LogP contribution in [0.1, 0.15) is 5.82 Å². The maximum atomic E-state index is 5.46. The van der Waals surface area contributed by atoms with Crippen molar-refractivity contribution < 1.29 is 14.2 Å². The lowest BCUT2D eigenvalue weighted by molar-refractivity contribution is 0.324. The van der Waals surface area contributed by atoms with Gasteiger partial charge in [0.15, 0.2) is 17.3 Å². The summed E-state index contributed by atoms with van der Waals surface area (Å²) in [5.41, 5.74) is 3.70. The topological polar surface area (TPSA) is 76.2 Å². The maximum Gasteiger partial charge on any atom is 0.203 e. The van der Waals surface area contributed by atoms with Crippen molar-refractivity contribution >= 4 is 11.0 Å². The highest BCUT2D eigenvalue weighted by Gasteiger charge is 2.18. The van der Waals surface area contributed by atoms with E-state index in [0.717, 1.165) is 28.1 Å². The fourth-order valence-electron chi connectivity index (χ4n) is 3.29. The molecule has 0 fully saturated rings. The van der Waals surface area contributed by atoms with Gasteiger partial charge in [0.2, 0.25) is 5.75 Å². The minimum atomic E-state index is 0.533. The predicted octanol–water partition coefficient (Wildman–Crippen LogP) is 3.16. The van der Waals surface area contributed by atoms with Crippen LogP contribution in [0.3, 0.4) is 0 Å². The van der Waals surface area contributed by atoms with Crippen LogP contribution in [-0.4, -0.2) is 45.6 Å². The van der Waals surface area contributed by atoms with Gasteiger partial charge in [0.25, 0.3) is 0 Å². The van der Waals surface area contributed by atoms with Gasteiger partial charge < -0.3 is 18.8 Å². The Morgan fingerprint density at radius 2 is 1.64 bits per heavy atom. The highest BCUT2D eigenvalue weighted by molar-refractivity contribution is 5.79. The number of hydrogen-bond acceptors (Lipinski definition) is 6. The molecule has 8 nitrogen and oxygen atoms in total. The highest BCUT2D eigenvalue weighted by Crippen LogP contribution is 2.41. The van der Waals surface area contributed by atoms with Crippen LogP contribution in [0, 0.1) is 6.92 Å². The summed E-state index contributed by atoms with van der Waals surface area (Å²) in [6, 6.07) is 9.79. The Morgan fingerprint density at radius 1 is 0.929 bits per heavy atom. The molecule has 0 aliphatic carbocycles. The van der Waals surface area contributed by atoms with Crippen molar-refractivity contribution in [3.05, 3.63) is 42.5 Å². The van der Waals surface area contributed by atoms with Crippen LogP contribution in [0.15, 0.2) is 36.7 Å². The largest absolute Gasteiger partial charge is 0.493 e. The number of aryl methyl sites for hydroxylation is 2. The third kappa shape index (κ3) is 2.74. The molecule has 0 radical (unpaired) electrons. The fourth-order valence-corrected chi connectivity index (χ4v) is 3.29. The van der Waals surface area contributed by atoms with Crippen LogP contribution in [-0.2, 0) is 7.05 Å². The van der Waals surface area contributed by atoms with E-state index in [1.54, 1.807) is 27.7 Å². The van der Waals surface area contributed by atoms with Crippen molar-refractivity contribution in [1.29, 1.82) is 0 Å². The molecule has 8 heteroatoms. The molecule has 0 saturated carbocycles. The minimum Gasteiger partial charge on any atom is -0.493 e. The van der Waals surface area contributed by atoms with Crippen molar-refractivity contribution in [3.8, 4) is 34.3 Å². The van der Waals surface area contributed by atoms with Crippen molar-refractivity contribution in [2.45, 2.75) is 6.92 Å². The molecule has 4 rings (SSSR count). The quantitative estimate of drug-likeness (QED) is 0.530. The number of imidazole rings is 1. The van der Waals surface area contributed by atoms with E-state index in [0.29, 0.717) is 23.1 Å². The van der Waals surface area contributed by atoms with E-state index in [9.17, 15) is 0 Å². The molecular formula is C20H21N5O3. The molecule has 28 heavy (non-hydrogen) atoms. The van der Waals surface area contributed by atoms with Crippen molar-refractivity contribution in [3.63, 3.8) is 0 Å². The van der Waals surface area contributed by atoms with Gasteiger partial charge in [-0.05, 0) is 37.3 Å². The Labute approximate surface area is 162 Å². The molecule has 0 saturated heterocycles. The number of aromatic nitrogens is 5. The summed E-state index contributed by atoms with van der Waals surface area (Å²) in [6.45, 7) is 1.99. The molecule has 2 aromatic heterocycles. The number of methoxy groups -OCH3 is 3. The van der Waals surface area contributed by atoms with Gasteiger partial charge in [-0.2, -0.15) is 0 Å². The van der Waals surface area contributed by atoms with Crippen LogP contribution in [0.25, 0.3) is 28.1 Å². The van der Waals surface area contributed by atoms with Crippen LogP contribution in [0.4, 0.5) is 0 Å². The monoisotopic (exact) mass is 379 g/mol. The van der Waals surface area contributed by atoms with Crippen LogP contribution < -0.4 is 14.2 Å². The molecular weight excluding hydrogens is 358 g/mol. The van der Waals surface area contributed by atoms with Gasteiger partial charge >= 0.3 is 0 Å². The number of benzene rings is 2. The SMILES string of the molecule is COc1cc(-c2nncn2-c2ccc3c(c2)nc(C)n3C)cc(OC)c1OC. The maximum absolute atomic E-state index is 5.46. The summed E-state index contributed by atoms with van der Waals surface area (Å²) >= 11 is 0. The van der Waals surface area contributed by atoms with E-state index in [1.165, 1.54) is 0 Å². The second kappa shape index (κ2) is 6.88. The van der Waals surface area contributed by atoms with Gasteiger partial charge in [0.05, 0.1) is 38.1 Å². The third-order valence-corrected chi connectivity index (χ3v) is 4.84. The second-order valence-electron chi connectivity index (χ2n) is 6.33. The minimum absolute atomic E-state index is 0.533. The zero-order valence-electron chi connectivity index (χ0n) is 16.4. The predicted molar refractivity (Wildman–Crippen MR) is 105 cm³/mol. The molecule has 0 amide bonds. The molecule has 4 aromatic rings. The Morgan fingerprint density at radius 3 is 2.29 bits per heavy atom. The van der Waals surface area contributed by atoms with Crippen molar-refractivity contribution in [1.82, 2.24) is 24.3 Å². The summed E-state index contributed by atoms with van der Waals surface area (Å²) in [5, 5.41) is 8.41. The first-order chi connectivity index (χ1) is 13.6. The summed E-state index contributed by atoms with van der Waals surface area (Å²) in [7, 11) is 6.75. The first kappa shape index (κ1) is 17.8. The third-order valence-electron chi connectivity index (χ3n) is 4.84. The van der Waals surface area contributed by atoms with Gasteiger partial charge in [0.1, 0.15) is 12.2 Å². The molecule has 0 aliphatic rings. The zero-order chi connectivity index (χ0) is 19.8. The van der Waals surface area contributed by atoms with E-state index in [2.05, 4.69) is 19.7 Å². The summed E-state index contributed by atoms with van der Waals surface area (Å²) in [5.74, 6) is 3.27. The smallest absolute Gasteiger partial charge is 0.203 e. The average Bonchev–Trinajstić information content (AvgIpc) is 3.31. The first-order valence-electron chi connectivity index (χ1n) is 8.71. The molecule has 2 heterocycles. The lowest BCUT2D eigenvalue weighted by Gasteiger charge is -2.14. The Balaban J connectivity index is 1.86. The molecule has 0 atom stereocenters. The number of hydrogen-bond donors (Lipinski definition) is 0. The van der Waals surface area contributed by atoms with Crippen LogP contribution in [0.2, 0.25) is 0 Å². The molecule has 0 N–H and O–H groups in total. The first-order valence-corrected chi connectivity index (χ1v) is 8.71. The number of fused-ring (bicyclic) bond motifs is 1. The molecule has 0 spiro atoms. The number of ether oxygens (including phenoxy) is 3. The lowest BCUT2D eigenvalue weighted by atomic mass is 10.1.